The summed E-state index contributed by atoms with van der Waals surface area (Å²) in [6.45, 7) is 7.14. The molecule has 0 bridgehead atoms. The van der Waals surface area contributed by atoms with Crippen LogP contribution in [0.15, 0.2) is 48.5 Å². The molecular weight excluding hydrogens is 452 g/mol. The molecule has 2 nitrogen and oxygen atoms in total. The van der Waals surface area contributed by atoms with Gasteiger partial charge in [0, 0.05) is 11.5 Å². The molecule has 0 fully saturated rings. The van der Waals surface area contributed by atoms with Gasteiger partial charge in [0.05, 0.1) is 6.61 Å². The first kappa shape index (κ1) is 31.1. The monoisotopic (exact) mass is 506 g/mol. The van der Waals surface area contributed by atoms with Gasteiger partial charge in [-0.2, -0.15) is 0 Å². The fourth-order valence-corrected chi connectivity index (χ4v) is 4.88. The second kappa shape index (κ2) is 19.9. The number of benzene rings is 2. The van der Waals surface area contributed by atoms with E-state index in [0.717, 1.165) is 41.9 Å². The molecule has 0 spiro atoms. The second-order valence-electron chi connectivity index (χ2n) is 10.9. The predicted octanol–water partition coefficient (Wildman–Crippen LogP) is 11.2. The number of Topliss-reactive ketones (excluding diaryl/α,β-unsaturated/α-hetero) is 1. The number of unbranched alkanes of at least 4 members (excludes halogenated alkanes) is 15. The third-order valence-electron chi connectivity index (χ3n) is 7.68. The summed E-state index contributed by atoms with van der Waals surface area (Å²) >= 11 is 0. The second-order valence-corrected chi connectivity index (χ2v) is 10.9. The van der Waals surface area contributed by atoms with Gasteiger partial charge >= 0.3 is 0 Å². The van der Waals surface area contributed by atoms with E-state index in [1.54, 1.807) is 0 Å². The molecule has 2 aromatic rings. The molecule has 0 N–H and O–H groups in total. The first-order valence-corrected chi connectivity index (χ1v) is 15.5. The Labute approximate surface area is 228 Å². The van der Waals surface area contributed by atoms with Gasteiger partial charge in [-0.3, -0.25) is 4.79 Å². The van der Waals surface area contributed by atoms with E-state index in [2.05, 4.69) is 38.1 Å². The molecule has 1 atom stereocenters. The fourth-order valence-electron chi connectivity index (χ4n) is 4.88. The third-order valence-corrected chi connectivity index (χ3v) is 7.68. The number of carbonyl (C=O) groups is 1. The Morgan fingerprint density at radius 2 is 1.00 bits per heavy atom. The highest BCUT2D eigenvalue weighted by Crippen LogP contribution is 2.24. The van der Waals surface area contributed by atoms with Crippen molar-refractivity contribution in [1.82, 2.24) is 0 Å². The molecule has 2 aromatic carbocycles. The van der Waals surface area contributed by atoms with Crippen LogP contribution in [-0.2, 0) is 0 Å². The van der Waals surface area contributed by atoms with Gasteiger partial charge in [0.25, 0.3) is 0 Å². The Kier molecular flexibility index (Phi) is 16.8. The summed E-state index contributed by atoms with van der Waals surface area (Å²) in [5, 5.41) is 0. The first-order valence-electron chi connectivity index (χ1n) is 15.5. The highest BCUT2D eigenvalue weighted by atomic mass is 16.5. The van der Waals surface area contributed by atoms with Gasteiger partial charge in [0.2, 0.25) is 0 Å². The molecule has 2 heteroatoms. The summed E-state index contributed by atoms with van der Waals surface area (Å²) in [5.41, 5.74) is 3.08. The SMILES string of the molecule is CCCCCCCCCCCCCCCCCCOc1ccc(-c2ccc(C(=O)C(C)CC)cc2)cc1. The van der Waals surface area contributed by atoms with E-state index in [1.165, 1.54) is 96.3 Å². The van der Waals surface area contributed by atoms with Crippen LogP contribution in [-0.4, -0.2) is 12.4 Å². The van der Waals surface area contributed by atoms with Crippen LogP contribution in [0.1, 0.15) is 140 Å². The van der Waals surface area contributed by atoms with E-state index >= 15 is 0 Å². The number of ketones is 1. The highest BCUT2D eigenvalue weighted by molar-refractivity contribution is 5.98. The first-order chi connectivity index (χ1) is 18.2. The molecule has 0 aliphatic rings. The van der Waals surface area contributed by atoms with Crippen molar-refractivity contribution in [1.29, 1.82) is 0 Å². The van der Waals surface area contributed by atoms with Crippen molar-refractivity contribution >= 4 is 5.78 Å². The Hall–Kier alpha value is -2.09. The standard InChI is InChI=1S/C35H54O2/c1-4-6-7-8-9-10-11-12-13-14-15-16-17-18-19-20-29-37-34-27-25-32(26-28-34)31-21-23-33(24-22-31)35(36)30(3)5-2/h21-28,30H,4-20,29H2,1-3H3. The molecule has 37 heavy (non-hydrogen) atoms. The van der Waals surface area contributed by atoms with Gasteiger partial charge in [0.1, 0.15) is 5.75 Å². The van der Waals surface area contributed by atoms with Crippen LogP contribution in [0.3, 0.4) is 0 Å². The molecule has 0 aliphatic heterocycles. The van der Waals surface area contributed by atoms with Gasteiger partial charge in [-0.25, -0.2) is 0 Å². The number of hydrogen-bond acceptors (Lipinski definition) is 2. The van der Waals surface area contributed by atoms with Crippen molar-refractivity contribution in [3.05, 3.63) is 54.1 Å². The van der Waals surface area contributed by atoms with Crippen LogP contribution in [0.5, 0.6) is 5.75 Å². The van der Waals surface area contributed by atoms with E-state index in [0.29, 0.717) is 0 Å². The number of ether oxygens (including phenoxy) is 1. The largest absolute Gasteiger partial charge is 0.494 e. The van der Waals surface area contributed by atoms with Crippen molar-refractivity contribution in [2.24, 2.45) is 5.92 Å². The molecule has 0 saturated carbocycles. The van der Waals surface area contributed by atoms with E-state index in [1.807, 2.05) is 31.2 Å². The van der Waals surface area contributed by atoms with E-state index in [4.69, 9.17) is 4.74 Å². The Balaban J connectivity index is 1.47. The highest BCUT2D eigenvalue weighted by Gasteiger charge is 2.13. The minimum atomic E-state index is 0.0802. The third kappa shape index (κ3) is 13.3. The Bertz CT molecular complexity index is 821. The molecule has 0 saturated heterocycles. The van der Waals surface area contributed by atoms with Crippen molar-refractivity contribution in [3.63, 3.8) is 0 Å². The summed E-state index contributed by atoms with van der Waals surface area (Å²) in [6, 6.07) is 16.3. The number of rotatable bonds is 22. The zero-order chi connectivity index (χ0) is 26.6. The van der Waals surface area contributed by atoms with Gasteiger partial charge in [-0.15, -0.1) is 0 Å². The van der Waals surface area contributed by atoms with Crippen LogP contribution >= 0.6 is 0 Å². The van der Waals surface area contributed by atoms with Crippen molar-refractivity contribution in [3.8, 4) is 16.9 Å². The van der Waals surface area contributed by atoms with E-state index in [-0.39, 0.29) is 11.7 Å². The summed E-state index contributed by atoms with van der Waals surface area (Å²) in [5.74, 6) is 1.25. The lowest BCUT2D eigenvalue weighted by Crippen LogP contribution is -2.09. The molecule has 1 unspecified atom stereocenters. The number of carbonyl (C=O) groups excluding carboxylic acids is 1. The van der Waals surface area contributed by atoms with Crippen LogP contribution < -0.4 is 4.74 Å². The van der Waals surface area contributed by atoms with Gasteiger partial charge in [-0.05, 0) is 36.1 Å². The average molecular weight is 507 g/mol. The lowest BCUT2D eigenvalue weighted by atomic mass is 9.95. The van der Waals surface area contributed by atoms with Gasteiger partial charge in [0.15, 0.2) is 5.78 Å². The maximum Gasteiger partial charge on any atom is 0.165 e. The Morgan fingerprint density at radius 3 is 1.43 bits per heavy atom. The summed E-state index contributed by atoms with van der Waals surface area (Å²) < 4.78 is 5.96. The van der Waals surface area contributed by atoms with Crippen molar-refractivity contribution in [2.45, 2.75) is 130 Å². The molecule has 0 aromatic heterocycles. The van der Waals surface area contributed by atoms with Gasteiger partial charge in [-0.1, -0.05) is 153 Å². The van der Waals surface area contributed by atoms with Crippen LogP contribution in [0.2, 0.25) is 0 Å². The Morgan fingerprint density at radius 1 is 0.595 bits per heavy atom. The van der Waals surface area contributed by atoms with Gasteiger partial charge < -0.3 is 4.74 Å². The molecule has 2 rings (SSSR count). The normalized spacial score (nSPS) is 12.0. The van der Waals surface area contributed by atoms with E-state index < -0.39 is 0 Å². The molecule has 0 amide bonds. The molecular formula is C35H54O2. The van der Waals surface area contributed by atoms with Crippen molar-refractivity contribution in [2.75, 3.05) is 6.61 Å². The van der Waals surface area contributed by atoms with Crippen molar-refractivity contribution < 1.29 is 9.53 Å². The van der Waals surface area contributed by atoms with Crippen LogP contribution in [0, 0.1) is 5.92 Å². The maximum atomic E-state index is 12.3. The smallest absolute Gasteiger partial charge is 0.165 e. The summed E-state index contributed by atoms with van der Waals surface area (Å²) in [7, 11) is 0. The minimum absolute atomic E-state index is 0.0802. The lowest BCUT2D eigenvalue weighted by Gasteiger charge is -2.09. The quantitative estimate of drug-likeness (QED) is 0.117. The lowest BCUT2D eigenvalue weighted by molar-refractivity contribution is 0.0927. The average Bonchev–Trinajstić information content (AvgIpc) is 2.94. The van der Waals surface area contributed by atoms with E-state index in [9.17, 15) is 4.79 Å². The zero-order valence-electron chi connectivity index (χ0n) is 24.2. The van der Waals surface area contributed by atoms with Crippen LogP contribution in [0.4, 0.5) is 0 Å². The zero-order valence-corrected chi connectivity index (χ0v) is 24.2. The topological polar surface area (TPSA) is 26.3 Å². The number of hydrogen-bond donors (Lipinski definition) is 0. The fraction of sp³-hybridized carbons (Fsp3) is 0.629. The summed E-state index contributed by atoms with van der Waals surface area (Å²) in [6.07, 6.45) is 23.1. The van der Waals surface area contributed by atoms with Crippen LogP contribution in [0.25, 0.3) is 11.1 Å². The molecule has 206 valence electrons. The maximum absolute atomic E-state index is 12.3. The summed E-state index contributed by atoms with van der Waals surface area (Å²) in [4.78, 5) is 12.3. The molecule has 0 aliphatic carbocycles. The molecule has 0 radical (unpaired) electrons. The predicted molar refractivity (Wildman–Crippen MR) is 161 cm³/mol. The minimum Gasteiger partial charge on any atom is -0.494 e. The molecule has 0 heterocycles.